The van der Waals surface area contributed by atoms with E-state index in [9.17, 15) is 4.79 Å². The van der Waals surface area contributed by atoms with Gasteiger partial charge in [0, 0.05) is 37.4 Å². The molecule has 3 N–H and O–H groups in total. The number of aromatic nitrogens is 5. The van der Waals surface area contributed by atoms with Crippen LogP contribution in [0.4, 0.5) is 16.3 Å². The van der Waals surface area contributed by atoms with E-state index in [1.54, 1.807) is 6.20 Å². The van der Waals surface area contributed by atoms with Crippen molar-refractivity contribution in [2.45, 2.75) is 6.42 Å². The molecule has 0 unspecified atom stereocenters. The molecule has 0 saturated carbocycles. The minimum atomic E-state index is -0.890. The maximum atomic E-state index is 11.1. The van der Waals surface area contributed by atoms with E-state index in [0.717, 1.165) is 33.6 Å². The molecule has 0 radical (unpaired) electrons. The standard InChI is InChI=1S/C19H17N7O2/c27-19(28)25-6-3-12(4-7-25)15-9-14-17(21-11-22-18(14)24-15)23-13-1-2-16-20-5-8-26(16)10-13/h1-3,5,8-11H,4,6-7H2,(H,27,28)(H2,21,22,23,24). The SMILES string of the molecule is O=C(O)N1CC=C(c2cc3c(Nc4ccc5nccn5c4)ncnc3[nH]2)CC1. The third kappa shape index (κ3) is 2.82. The van der Waals surface area contributed by atoms with Crippen molar-refractivity contribution in [3.05, 3.63) is 54.9 Å². The highest BCUT2D eigenvalue weighted by Crippen LogP contribution is 2.29. The van der Waals surface area contributed by atoms with E-state index in [-0.39, 0.29) is 0 Å². The zero-order valence-corrected chi connectivity index (χ0v) is 14.8. The lowest BCUT2D eigenvalue weighted by molar-refractivity contribution is 0.150. The summed E-state index contributed by atoms with van der Waals surface area (Å²) in [5, 5.41) is 13.3. The number of carbonyl (C=O) groups is 1. The number of hydrogen-bond acceptors (Lipinski definition) is 5. The van der Waals surface area contributed by atoms with Crippen LogP contribution in [0.1, 0.15) is 12.1 Å². The highest BCUT2D eigenvalue weighted by molar-refractivity contribution is 5.92. The fraction of sp³-hybridized carbons (Fsp3) is 0.158. The number of amides is 1. The third-order valence-electron chi connectivity index (χ3n) is 4.90. The minimum Gasteiger partial charge on any atom is -0.465 e. The van der Waals surface area contributed by atoms with Gasteiger partial charge in [-0.3, -0.25) is 0 Å². The number of H-pyrrole nitrogens is 1. The van der Waals surface area contributed by atoms with Crippen molar-refractivity contribution in [1.29, 1.82) is 0 Å². The summed E-state index contributed by atoms with van der Waals surface area (Å²) in [5.74, 6) is 0.704. The summed E-state index contributed by atoms with van der Waals surface area (Å²) in [6.45, 7) is 0.875. The first-order valence-electron chi connectivity index (χ1n) is 8.88. The van der Waals surface area contributed by atoms with Gasteiger partial charge in [-0.25, -0.2) is 19.7 Å². The van der Waals surface area contributed by atoms with Gasteiger partial charge in [0.25, 0.3) is 0 Å². The van der Waals surface area contributed by atoms with E-state index in [4.69, 9.17) is 5.11 Å². The molecule has 1 aliphatic rings. The Balaban J connectivity index is 1.46. The molecule has 4 aromatic heterocycles. The van der Waals surface area contributed by atoms with Gasteiger partial charge >= 0.3 is 6.09 Å². The first kappa shape index (κ1) is 16.3. The molecule has 9 heteroatoms. The maximum Gasteiger partial charge on any atom is 0.407 e. The van der Waals surface area contributed by atoms with Crippen LogP contribution in [0.15, 0.2) is 49.2 Å². The zero-order chi connectivity index (χ0) is 19.1. The van der Waals surface area contributed by atoms with Crippen molar-refractivity contribution >= 4 is 39.9 Å². The second-order valence-corrected chi connectivity index (χ2v) is 6.61. The first-order chi connectivity index (χ1) is 13.7. The molecular formula is C19H17N7O2. The van der Waals surface area contributed by atoms with Crippen LogP contribution in [0.2, 0.25) is 0 Å². The Morgan fingerprint density at radius 3 is 3.00 bits per heavy atom. The number of carboxylic acid groups (broad SMARTS) is 1. The average Bonchev–Trinajstić information content (AvgIpc) is 3.35. The van der Waals surface area contributed by atoms with Crippen LogP contribution in [0, 0.1) is 0 Å². The van der Waals surface area contributed by atoms with Gasteiger partial charge in [-0.05, 0) is 30.2 Å². The quantitative estimate of drug-likeness (QED) is 0.507. The summed E-state index contributed by atoms with van der Waals surface area (Å²) in [7, 11) is 0. The van der Waals surface area contributed by atoms with E-state index < -0.39 is 6.09 Å². The van der Waals surface area contributed by atoms with Crippen molar-refractivity contribution in [3.8, 4) is 0 Å². The lowest BCUT2D eigenvalue weighted by Gasteiger charge is -2.23. The molecule has 0 aromatic carbocycles. The fourth-order valence-corrected chi connectivity index (χ4v) is 3.43. The molecule has 5 heterocycles. The lowest BCUT2D eigenvalue weighted by Crippen LogP contribution is -2.33. The molecule has 0 atom stereocenters. The van der Waals surface area contributed by atoms with E-state index in [0.29, 0.717) is 25.3 Å². The zero-order valence-electron chi connectivity index (χ0n) is 14.8. The van der Waals surface area contributed by atoms with E-state index >= 15 is 0 Å². The largest absolute Gasteiger partial charge is 0.465 e. The Bertz CT molecular complexity index is 1220. The second kappa shape index (κ2) is 6.38. The lowest BCUT2D eigenvalue weighted by atomic mass is 10.1. The molecule has 1 aliphatic heterocycles. The predicted octanol–water partition coefficient (Wildman–Crippen LogP) is 3.12. The summed E-state index contributed by atoms with van der Waals surface area (Å²) in [6, 6.07) is 5.90. The Labute approximate surface area is 159 Å². The van der Waals surface area contributed by atoms with Crippen molar-refractivity contribution < 1.29 is 9.90 Å². The topological polar surface area (TPSA) is 111 Å². The smallest absolute Gasteiger partial charge is 0.407 e. The fourth-order valence-electron chi connectivity index (χ4n) is 3.43. The second-order valence-electron chi connectivity index (χ2n) is 6.61. The van der Waals surface area contributed by atoms with Gasteiger partial charge in [-0.1, -0.05) is 6.08 Å². The average molecular weight is 375 g/mol. The Kier molecular flexibility index (Phi) is 3.71. The number of nitrogens with one attached hydrogen (secondary N) is 2. The predicted molar refractivity (Wildman–Crippen MR) is 105 cm³/mol. The minimum absolute atomic E-state index is 0.391. The van der Waals surface area contributed by atoms with Crippen LogP contribution in [0.3, 0.4) is 0 Å². The monoisotopic (exact) mass is 375 g/mol. The van der Waals surface area contributed by atoms with Crippen molar-refractivity contribution in [3.63, 3.8) is 0 Å². The van der Waals surface area contributed by atoms with Gasteiger partial charge in [0.2, 0.25) is 0 Å². The van der Waals surface area contributed by atoms with Gasteiger partial charge in [-0.2, -0.15) is 0 Å². The van der Waals surface area contributed by atoms with E-state index in [2.05, 4.69) is 25.3 Å². The molecule has 0 fully saturated rings. The third-order valence-corrected chi connectivity index (χ3v) is 4.90. The summed E-state index contributed by atoms with van der Waals surface area (Å²) in [6.07, 6.45) is 8.82. The maximum absolute atomic E-state index is 11.1. The van der Waals surface area contributed by atoms with Crippen molar-refractivity contribution in [2.75, 3.05) is 18.4 Å². The molecule has 0 spiro atoms. The van der Waals surface area contributed by atoms with E-state index in [1.165, 1.54) is 11.2 Å². The number of aromatic amines is 1. The van der Waals surface area contributed by atoms with Crippen LogP contribution in [0.25, 0.3) is 22.3 Å². The van der Waals surface area contributed by atoms with Gasteiger partial charge in [0.1, 0.15) is 23.4 Å². The molecule has 28 heavy (non-hydrogen) atoms. The van der Waals surface area contributed by atoms with Gasteiger partial charge in [0.15, 0.2) is 0 Å². The summed E-state index contributed by atoms with van der Waals surface area (Å²) in [5.41, 5.74) is 4.52. The van der Waals surface area contributed by atoms with Crippen molar-refractivity contribution in [1.82, 2.24) is 29.2 Å². The Morgan fingerprint density at radius 1 is 1.25 bits per heavy atom. The molecular weight excluding hydrogens is 358 g/mol. The van der Waals surface area contributed by atoms with Gasteiger partial charge in [0.05, 0.1) is 11.1 Å². The van der Waals surface area contributed by atoms with Crippen LogP contribution in [-0.2, 0) is 0 Å². The molecule has 1 amide bonds. The summed E-state index contributed by atoms with van der Waals surface area (Å²) in [4.78, 5) is 28.8. The molecule has 4 aromatic rings. The van der Waals surface area contributed by atoms with Crippen molar-refractivity contribution in [2.24, 2.45) is 0 Å². The van der Waals surface area contributed by atoms with Gasteiger partial charge < -0.3 is 24.7 Å². The normalized spacial score (nSPS) is 14.4. The number of nitrogens with zero attached hydrogens (tertiary/aromatic N) is 5. The number of pyridine rings is 1. The molecule has 0 aliphatic carbocycles. The molecule has 140 valence electrons. The Morgan fingerprint density at radius 2 is 2.18 bits per heavy atom. The Hall–Kier alpha value is -3.88. The highest BCUT2D eigenvalue weighted by atomic mass is 16.4. The number of imidazole rings is 1. The van der Waals surface area contributed by atoms with Crippen LogP contribution in [0.5, 0.6) is 0 Å². The van der Waals surface area contributed by atoms with Crippen LogP contribution in [-0.4, -0.2) is 53.5 Å². The molecule has 0 saturated heterocycles. The number of rotatable bonds is 3. The number of hydrogen-bond donors (Lipinski definition) is 3. The summed E-state index contributed by atoms with van der Waals surface area (Å²) < 4.78 is 1.93. The molecule has 9 nitrogen and oxygen atoms in total. The van der Waals surface area contributed by atoms with Crippen LogP contribution >= 0.6 is 0 Å². The van der Waals surface area contributed by atoms with Crippen LogP contribution < -0.4 is 5.32 Å². The first-order valence-corrected chi connectivity index (χ1v) is 8.88. The van der Waals surface area contributed by atoms with E-state index in [1.807, 2.05) is 41.1 Å². The number of anilines is 2. The molecule has 5 rings (SSSR count). The molecule has 0 bridgehead atoms. The number of fused-ring (bicyclic) bond motifs is 2. The van der Waals surface area contributed by atoms with Gasteiger partial charge in [-0.15, -0.1) is 0 Å². The summed E-state index contributed by atoms with van der Waals surface area (Å²) >= 11 is 0. The highest BCUT2D eigenvalue weighted by Gasteiger charge is 2.18.